The highest BCUT2D eigenvalue weighted by Crippen LogP contribution is 1.95. The van der Waals surface area contributed by atoms with Crippen molar-refractivity contribution in [1.29, 1.82) is 0 Å². The highest BCUT2D eigenvalue weighted by Gasteiger charge is 1.95. The molecule has 0 N–H and O–H groups in total. The van der Waals surface area contributed by atoms with Crippen LogP contribution in [0.1, 0.15) is 13.3 Å². The minimum absolute atomic E-state index is 0.118. The molecule has 0 unspecified atom stereocenters. The Morgan fingerprint density at radius 3 is 2.89 bits per heavy atom. The molecule has 0 amide bonds. The summed E-state index contributed by atoms with van der Waals surface area (Å²) in [6, 6.07) is 0. The van der Waals surface area contributed by atoms with Gasteiger partial charge in [-0.1, -0.05) is 6.08 Å². The lowest BCUT2D eigenvalue weighted by Crippen LogP contribution is -2.08. The molecular weight excluding hydrogens is 116 g/mol. The predicted octanol–water partition coefficient (Wildman–Crippen LogP) is 1.17. The van der Waals surface area contributed by atoms with Gasteiger partial charge in [0, 0.05) is 0 Å². The molecule has 0 radical (unpaired) electrons. The zero-order valence-electron chi connectivity index (χ0n) is 5.67. The maximum absolute atomic E-state index is 9.76. The van der Waals surface area contributed by atoms with E-state index in [0.717, 1.165) is 12.7 Å². The van der Waals surface area contributed by atoms with Gasteiger partial charge in [0.25, 0.3) is 0 Å². The first-order valence-corrected chi connectivity index (χ1v) is 2.97. The number of ether oxygens (including phenoxy) is 1. The van der Waals surface area contributed by atoms with Crippen molar-refractivity contribution < 1.29 is 9.53 Å². The van der Waals surface area contributed by atoms with E-state index in [1.807, 2.05) is 6.92 Å². The summed E-state index contributed by atoms with van der Waals surface area (Å²) in [6.07, 6.45) is 3.44. The molecule has 9 heavy (non-hydrogen) atoms. The van der Waals surface area contributed by atoms with E-state index in [-0.39, 0.29) is 12.7 Å². The predicted molar refractivity (Wildman–Crippen MR) is 36.3 cm³/mol. The molecule has 2 nitrogen and oxygen atoms in total. The summed E-state index contributed by atoms with van der Waals surface area (Å²) in [6.45, 7) is 5.64. The second kappa shape index (κ2) is 5.51. The van der Waals surface area contributed by atoms with Crippen molar-refractivity contribution in [3.63, 3.8) is 0 Å². The van der Waals surface area contributed by atoms with Gasteiger partial charge in [-0.25, -0.2) is 0 Å². The Morgan fingerprint density at radius 1 is 1.78 bits per heavy atom. The third kappa shape index (κ3) is 5.24. The number of carbonyl (C=O) groups is 1. The van der Waals surface area contributed by atoms with Crippen LogP contribution < -0.4 is 0 Å². The SMILES string of the molecule is C=CC[C@H](C)OCC=O. The Hall–Kier alpha value is -0.630. The molecule has 0 heterocycles. The van der Waals surface area contributed by atoms with E-state index in [4.69, 9.17) is 4.74 Å². The molecular formula is C7H12O2. The summed E-state index contributed by atoms with van der Waals surface area (Å²) < 4.78 is 4.99. The number of hydrogen-bond donors (Lipinski definition) is 0. The van der Waals surface area contributed by atoms with Gasteiger partial charge in [-0.15, -0.1) is 6.58 Å². The van der Waals surface area contributed by atoms with Crippen molar-refractivity contribution in [2.24, 2.45) is 0 Å². The molecule has 0 rings (SSSR count). The summed E-state index contributed by atoms with van der Waals surface area (Å²) >= 11 is 0. The van der Waals surface area contributed by atoms with Crippen molar-refractivity contribution in [1.82, 2.24) is 0 Å². The van der Waals surface area contributed by atoms with Crippen LogP contribution >= 0.6 is 0 Å². The minimum Gasteiger partial charge on any atom is -0.371 e. The Kier molecular flexibility index (Phi) is 5.12. The molecule has 0 aliphatic carbocycles. The molecule has 2 heteroatoms. The van der Waals surface area contributed by atoms with E-state index in [0.29, 0.717) is 0 Å². The summed E-state index contributed by atoms with van der Waals surface area (Å²) in [5.74, 6) is 0. The van der Waals surface area contributed by atoms with Crippen LogP contribution in [0.15, 0.2) is 12.7 Å². The monoisotopic (exact) mass is 128 g/mol. The largest absolute Gasteiger partial charge is 0.371 e. The third-order valence-electron chi connectivity index (χ3n) is 0.947. The zero-order chi connectivity index (χ0) is 7.11. The van der Waals surface area contributed by atoms with Crippen molar-refractivity contribution >= 4 is 6.29 Å². The number of hydrogen-bond acceptors (Lipinski definition) is 2. The van der Waals surface area contributed by atoms with Crippen LogP contribution in [-0.4, -0.2) is 19.0 Å². The Balaban J connectivity index is 3.14. The zero-order valence-corrected chi connectivity index (χ0v) is 5.67. The van der Waals surface area contributed by atoms with Gasteiger partial charge in [0.2, 0.25) is 0 Å². The van der Waals surface area contributed by atoms with E-state index in [9.17, 15) is 4.79 Å². The number of carbonyl (C=O) groups excluding carboxylic acids is 1. The maximum atomic E-state index is 9.76. The summed E-state index contributed by atoms with van der Waals surface area (Å²) in [5, 5.41) is 0. The second-order valence-electron chi connectivity index (χ2n) is 1.83. The van der Waals surface area contributed by atoms with Crippen molar-refractivity contribution in [2.75, 3.05) is 6.61 Å². The lowest BCUT2D eigenvalue weighted by atomic mass is 10.3. The van der Waals surface area contributed by atoms with Gasteiger partial charge in [0.1, 0.15) is 12.9 Å². The number of aldehydes is 1. The molecule has 0 bridgehead atoms. The van der Waals surface area contributed by atoms with Gasteiger partial charge in [-0.2, -0.15) is 0 Å². The molecule has 0 aromatic rings. The van der Waals surface area contributed by atoms with Gasteiger partial charge in [-0.05, 0) is 13.3 Å². The van der Waals surface area contributed by atoms with Crippen LogP contribution in [-0.2, 0) is 9.53 Å². The molecule has 0 fully saturated rings. The first-order chi connectivity index (χ1) is 4.31. The molecule has 0 aromatic heterocycles. The van der Waals surface area contributed by atoms with Crippen LogP contribution in [0.3, 0.4) is 0 Å². The quantitative estimate of drug-likeness (QED) is 0.410. The van der Waals surface area contributed by atoms with Crippen molar-refractivity contribution in [3.05, 3.63) is 12.7 Å². The van der Waals surface area contributed by atoms with Gasteiger partial charge < -0.3 is 9.53 Å². The molecule has 52 valence electrons. The van der Waals surface area contributed by atoms with E-state index >= 15 is 0 Å². The van der Waals surface area contributed by atoms with Crippen LogP contribution in [0.4, 0.5) is 0 Å². The molecule has 0 saturated carbocycles. The lowest BCUT2D eigenvalue weighted by Gasteiger charge is -2.05. The second-order valence-corrected chi connectivity index (χ2v) is 1.83. The van der Waals surface area contributed by atoms with Crippen LogP contribution in [0.5, 0.6) is 0 Å². The topological polar surface area (TPSA) is 26.3 Å². The van der Waals surface area contributed by atoms with Gasteiger partial charge in [-0.3, -0.25) is 0 Å². The first-order valence-electron chi connectivity index (χ1n) is 2.97. The Labute approximate surface area is 55.5 Å². The normalized spacial score (nSPS) is 12.6. The van der Waals surface area contributed by atoms with Gasteiger partial charge >= 0.3 is 0 Å². The van der Waals surface area contributed by atoms with Gasteiger partial charge in [0.05, 0.1) is 6.10 Å². The third-order valence-corrected chi connectivity index (χ3v) is 0.947. The highest BCUT2D eigenvalue weighted by atomic mass is 16.5. The smallest absolute Gasteiger partial charge is 0.145 e. The first kappa shape index (κ1) is 8.37. The maximum Gasteiger partial charge on any atom is 0.145 e. The molecule has 0 saturated heterocycles. The van der Waals surface area contributed by atoms with Crippen LogP contribution in [0.2, 0.25) is 0 Å². The van der Waals surface area contributed by atoms with Crippen molar-refractivity contribution in [2.45, 2.75) is 19.4 Å². The summed E-state index contributed by atoms with van der Waals surface area (Å²) in [5.41, 5.74) is 0. The molecule has 0 aliphatic heterocycles. The van der Waals surface area contributed by atoms with Crippen molar-refractivity contribution in [3.8, 4) is 0 Å². The average Bonchev–Trinajstić information content (AvgIpc) is 1.85. The van der Waals surface area contributed by atoms with Gasteiger partial charge in [0.15, 0.2) is 0 Å². The summed E-state index contributed by atoms with van der Waals surface area (Å²) in [4.78, 5) is 9.76. The standard InChI is InChI=1S/C7H12O2/c1-3-4-7(2)9-6-5-8/h3,5,7H,1,4,6H2,2H3/t7-/m0/s1. The van der Waals surface area contributed by atoms with Crippen LogP contribution in [0.25, 0.3) is 0 Å². The average molecular weight is 128 g/mol. The Morgan fingerprint density at radius 2 is 2.44 bits per heavy atom. The number of rotatable bonds is 5. The molecule has 0 spiro atoms. The fourth-order valence-electron chi connectivity index (χ4n) is 0.506. The van der Waals surface area contributed by atoms with E-state index in [2.05, 4.69) is 6.58 Å². The highest BCUT2D eigenvalue weighted by molar-refractivity contribution is 5.50. The lowest BCUT2D eigenvalue weighted by molar-refractivity contribution is -0.113. The molecule has 1 atom stereocenters. The Bertz CT molecular complexity index is 88.9. The fourth-order valence-corrected chi connectivity index (χ4v) is 0.506. The van der Waals surface area contributed by atoms with E-state index < -0.39 is 0 Å². The molecule has 0 aromatic carbocycles. The van der Waals surface area contributed by atoms with E-state index in [1.54, 1.807) is 6.08 Å². The minimum atomic E-state index is 0.118. The fraction of sp³-hybridized carbons (Fsp3) is 0.571. The molecule has 0 aliphatic rings. The van der Waals surface area contributed by atoms with Crippen LogP contribution in [0, 0.1) is 0 Å². The summed E-state index contributed by atoms with van der Waals surface area (Å²) in [7, 11) is 0. The van der Waals surface area contributed by atoms with E-state index in [1.165, 1.54) is 0 Å².